The van der Waals surface area contributed by atoms with Gasteiger partial charge in [0.1, 0.15) is 6.61 Å². The van der Waals surface area contributed by atoms with Gasteiger partial charge in [-0.05, 0) is 5.92 Å². The molecule has 1 aliphatic heterocycles. The van der Waals surface area contributed by atoms with Gasteiger partial charge < -0.3 is 4.74 Å². The van der Waals surface area contributed by atoms with Crippen LogP contribution in [0.1, 0.15) is 26.7 Å². The van der Waals surface area contributed by atoms with Gasteiger partial charge in [-0.1, -0.05) is 20.3 Å². The third-order valence-corrected chi connectivity index (χ3v) is 2.86. The van der Waals surface area contributed by atoms with E-state index in [9.17, 15) is 9.18 Å². The van der Waals surface area contributed by atoms with Crippen LogP contribution in [-0.4, -0.2) is 25.2 Å². The van der Waals surface area contributed by atoms with E-state index in [0.29, 0.717) is 12.3 Å². The van der Waals surface area contributed by atoms with Gasteiger partial charge in [0.2, 0.25) is 0 Å². The van der Waals surface area contributed by atoms with Crippen LogP contribution in [0.25, 0.3) is 0 Å². The molecule has 0 saturated carbocycles. The molecule has 0 N–H and O–H groups in total. The first-order valence-electron chi connectivity index (χ1n) is 4.91. The van der Waals surface area contributed by atoms with Crippen LogP contribution in [0.15, 0.2) is 0 Å². The molecule has 0 amide bonds. The summed E-state index contributed by atoms with van der Waals surface area (Å²) in [6, 6.07) is 0. The minimum Gasteiger partial charge on any atom is -0.370 e. The minimum absolute atomic E-state index is 0.0688. The fraction of sp³-hybridized carbons (Fsp3) is 0.900. The third kappa shape index (κ3) is 2.27. The number of hydrogen-bond donors (Lipinski definition) is 0. The van der Waals surface area contributed by atoms with Crippen LogP contribution in [0, 0.1) is 11.8 Å². The van der Waals surface area contributed by atoms with Crippen molar-refractivity contribution in [1.29, 1.82) is 0 Å². The fourth-order valence-corrected chi connectivity index (χ4v) is 1.90. The number of rotatable bonds is 4. The summed E-state index contributed by atoms with van der Waals surface area (Å²) in [7, 11) is 0. The maximum Gasteiger partial charge on any atom is 0.164 e. The quantitative estimate of drug-likeness (QED) is 0.674. The Hall–Kier alpha value is -0.440. The van der Waals surface area contributed by atoms with Crippen molar-refractivity contribution < 1.29 is 13.9 Å². The summed E-state index contributed by atoms with van der Waals surface area (Å²) >= 11 is 0. The van der Waals surface area contributed by atoms with E-state index >= 15 is 0 Å². The molecule has 1 fully saturated rings. The zero-order chi connectivity index (χ0) is 9.84. The van der Waals surface area contributed by atoms with Gasteiger partial charge in [0.15, 0.2) is 5.78 Å². The molecular formula is C10H17FO2. The van der Waals surface area contributed by atoms with Crippen LogP contribution in [0.2, 0.25) is 0 Å². The highest BCUT2D eigenvalue weighted by Gasteiger charge is 2.38. The Morgan fingerprint density at radius 2 is 2.38 bits per heavy atom. The van der Waals surface area contributed by atoms with Gasteiger partial charge in [0.05, 0.1) is 12.8 Å². The normalized spacial score (nSPS) is 30.8. The van der Waals surface area contributed by atoms with Gasteiger partial charge in [-0.15, -0.1) is 0 Å². The number of Topliss-reactive ketones (excluding diaryl/α,β-unsaturated/α-hetero) is 1. The summed E-state index contributed by atoms with van der Waals surface area (Å²) in [5.74, 6) is 0.389. The number of hydrogen-bond acceptors (Lipinski definition) is 2. The summed E-state index contributed by atoms with van der Waals surface area (Å²) in [4.78, 5) is 11.4. The monoisotopic (exact) mass is 188 g/mol. The molecule has 0 aromatic rings. The molecule has 0 aliphatic carbocycles. The molecular weight excluding hydrogens is 171 g/mol. The topological polar surface area (TPSA) is 26.3 Å². The molecule has 3 heteroatoms. The largest absolute Gasteiger partial charge is 0.370 e. The SMILES string of the molecule is CCC(C)C1C(=O)COC1CCF. The Labute approximate surface area is 78.5 Å². The molecule has 1 aliphatic rings. The highest BCUT2D eigenvalue weighted by Crippen LogP contribution is 2.29. The van der Waals surface area contributed by atoms with Crippen LogP contribution < -0.4 is 0 Å². The molecule has 0 aromatic carbocycles. The van der Waals surface area contributed by atoms with Crippen LogP contribution in [0.4, 0.5) is 4.39 Å². The molecule has 3 unspecified atom stereocenters. The second-order valence-corrected chi connectivity index (χ2v) is 3.70. The predicted octanol–water partition coefficient (Wildman–Crippen LogP) is 1.98. The molecule has 1 rings (SSSR count). The maximum atomic E-state index is 12.1. The van der Waals surface area contributed by atoms with Crippen LogP contribution in [0.3, 0.4) is 0 Å². The van der Waals surface area contributed by atoms with Crippen LogP contribution >= 0.6 is 0 Å². The third-order valence-electron chi connectivity index (χ3n) is 2.86. The summed E-state index contributed by atoms with van der Waals surface area (Å²) in [5.41, 5.74) is 0. The zero-order valence-electron chi connectivity index (χ0n) is 8.25. The van der Waals surface area contributed by atoms with Crippen molar-refractivity contribution in [2.75, 3.05) is 13.3 Å². The molecule has 1 saturated heterocycles. The number of ether oxygens (including phenoxy) is 1. The molecule has 3 atom stereocenters. The molecule has 0 aromatic heterocycles. The zero-order valence-corrected chi connectivity index (χ0v) is 8.25. The van der Waals surface area contributed by atoms with Gasteiger partial charge in [-0.3, -0.25) is 9.18 Å². The standard InChI is InChI=1S/C10H17FO2/c1-3-7(2)10-8(12)6-13-9(10)4-5-11/h7,9-10H,3-6H2,1-2H3. The Morgan fingerprint density at radius 3 is 2.92 bits per heavy atom. The number of alkyl halides is 1. The first-order chi connectivity index (χ1) is 6.20. The van der Waals surface area contributed by atoms with E-state index in [-0.39, 0.29) is 24.4 Å². The van der Waals surface area contributed by atoms with Crippen molar-refractivity contribution >= 4 is 5.78 Å². The lowest BCUT2D eigenvalue weighted by molar-refractivity contribution is -0.121. The average molecular weight is 188 g/mol. The molecule has 13 heavy (non-hydrogen) atoms. The van der Waals surface area contributed by atoms with E-state index in [0.717, 1.165) is 6.42 Å². The Morgan fingerprint density at radius 1 is 1.69 bits per heavy atom. The van der Waals surface area contributed by atoms with Gasteiger partial charge in [0.25, 0.3) is 0 Å². The maximum absolute atomic E-state index is 12.1. The van der Waals surface area contributed by atoms with Gasteiger partial charge in [-0.25, -0.2) is 0 Å². The average Bonchev–Trinajstić information content (AvgIpc) is 2.47. The van der Waals surface area contributed by atoms with Gasteiger partial charge in [-0.2, -0.15) is 0 Å². The first-order valence-corrected chi connectivity index (χ1v) is 4.91. The highest BCUT2D eigenvalue weighted by atomic mass is 19.1. The first kappa shape index (κ1) is 10.6. The number of ketones is 1. The van der Waals surface area contributed by atoms with Crippen molar-refractivity contribution in [3.63, 3.8) is 0 Å². The van der Waals surface area contributed by atoms with Crippen molar-refractivity contribution in [2.45, 2.75) is 32.8 Å². The lowest BCUT2D eigenvalue weighted by Crippen LogP contribution is -2.27. The van der Waals surface area contributed by atoms with E-state index in [1.165, 1.54) is 0 Å². The van der Waals surface area contributed by atoms with E-state index < -0.39 is 6.67 Å². The van der Waals surface area contributed by atoms with Crippen molar-refractivity contribution in [3.05, 3.63) is 0 Å². The van der Waals surface area contributed by atoms with Crippen LogP contribution in [-0.2, 0) is 9.53 Å². The van der Waals surface area contributed by atoms with E-state index in [1.54, 1.807) is 0 Å². The summed E-state index contributed by atoms with van der Waals surface area (Å²) in [6.07, 6.45) is 1.14. The summed E-state index contributed by atoms with van der Waals surface area (Å²) in [6.45, 7) is 3.86. The number of halogens is 1. The van der Waals surface area contributed by atoms with E-state index in [2.05, 4.69) is 0 Å². The van der Waals surface area contributed by atoms with E-state index in [4.69, 9.17) is 4.74 Å². The van der Waals surface area contributed by atoms with Crippen molar-refractivity contribution in [3.8, 4) is 0 Å². The summed E-state index contributed by atoms with van der Waals surface area (Å²) in [5, 5.41) is 0. The summed E-state index contributed by atoms with van der Waals surface area (Å²) < 4.78 is 17.4. The van der Waals surface area contributed by atoms with Crippen molar-refractivity contribution in [1.82, 2.24) is 0 Å². The highest BCUT2D eigenvalue weighted by molar-refractivity contribution is 5.84. The molecule has 2 nitrogen and oxygen atoms in total. The fourth-order valence-electron chi connectivity index (χ4n) is 1.90. The number of carbonyl (C=O) groups is 1. The lowest BCUT2D eigenvalue weighted by atomic mass is 9.84. The molecule has 0 radical (unpaired) electrons. The van der Waals surface area contributed by atoms with Crippen LogP contribution in [0.5, 0.6) is 0 Å². The second kappa shape index (κ2) is 4.70. The molecule has 76 valence electrons. The second-order valence-electron chi connectivity index (χ2n) is 3.70. The molecule has 0 bridgehead atoms. The van der Waals surface area contributed by atoms with Crippen molar-refractivity contribution in [2.24, 2.45) is 11.8 Å². The smallest absolute Gasteiger partial charge is 0.164 e. The molecule has 1 heterocycles. The minimum atomic E-state index is -0.398. The number of carbonyl (C=O) groups excluding carboxylic acids is 1. The molecule has 0 spiro atoms. The lowest BCUT2D eigenvalue weighted by Gasteiger charge is -2.21. The Bertz CT molecular complexity index is 182. The van der Waals surface area contributed by atoms with Gasteiger partial charge in [0, 0.05) is 12.3 Å². The van der Waals surface area contributed by atoms with Gasteiger partial charge >= 0.3 is 0 Å². The van der Waals surface area contributed by atoms with E-state index in [1.807, 2.05) is 13.8 Å². The Balaban J connectivity index is 2.59. The predicted molar refractivity (Wildman–Crippen MR) is 48.3 cm³/mol. The Kier molecular flexibility index (Phi) is 3.85.